The zero-order chi connectivity index (χ0) is 15.4. The van der Waals surface area contributed by atoms with Crippen molar-refractivity contribution in [1.29, 1.82) is 0 Å². The van der Waals surface area contributed by atoms with Crippen LogP contribution in [0.4, 0.5) is 0 Å². The highest BCUT2D eigenvalue weighted by atomic mass is 15.3. The van der Waals surface area contributed by atoms with Crippen LogP contribution >= 0.6 is 0 Å². The lowest BCUT2D eigenvalue weighted by molar-refractivity contribution is -0.904. The van der Waals surface area contributed by atoms with Gasteiger partial charge in [0.2, 0.25) is 0 Å². The number of imidazole rings is 1. The lowest BCUT2D eigenvalue weighted by atomic mass is 10.1. The van der Waals surface area contributed by atoms with Crippen LogP contribution in [-0.4, -0.2) is 35.1 Å². The Hall–Kier alpha value is -0.830. The van der Waals surface area contributed by atoms with E-state index in [0.29, 0.717) is 0 Å². The Morgan fingerprint density at radius 1 is 0.905 bits per heavy atom. The average molecular weight is 295 g/mol. The summed E-state index contributed by atoms with van der Waals surface area (Å²) in [6.07, 6.45) is 17.8. The third-order valence-electron chi connectivity index (χ3n) is 4.27. The molecule has 0 spiro atoms. The fourth-order valence-corrected chi connectivity index (χ4v) is 2.94. The van der Waals surface area contributed by atoms with Crippen molar-refractivity contribution in [3.63, 3.8) is 0 Å². The number of nitrogens with zero attached hydrogens (tertiary/aromatic N) is 2. The van der Waals surface area contributed by atoms with Gasteiger partial charge in [0, 0.05) is 0 Å². The van der Waals surface area contributed by atoms with Gasteiger partial charge in [-0.05, 0) is 12.8 Å². The fourth-order valence-electron chi connectivity index (χ4n) is 2.94. The van der Waals surface area contributed by atoms with E-state index in [4.69, 9.17) is 0 Å². The molecule has 0 radical (unpaired) electrons. The first-order valence-electron chi connectivity index (χ1n) is 8.93. The molecule has 0 aliphatic heterocycles. The van der Waals surface area contributed by atoms with Crippen LogP contribution < -0.4 is 0 Å². The summed E-state index contributed by atoms with van der Waals surface area (Å²) in [4.78, 5) is 7.30. The lowest BCUT2D eigenvalue weighted by Crippen LogP contribution is -2.39. The molecule has 1 aromatic heterocycles. The Balaban J connectivity index is 1.93. The number of rotatable bonds is 13. The van der Waals surface area contributed by atoms with Gasteiger partial charge in [-0.2, -0.15) is 0 Å². The van der Waals surface area contributed by atoms with Gasteiger partial charge in [0.15, 0.2) is 0 Å². The van der Waals surface area contributed by atoms with Crippen molar-refractivity contribution >= 4 is 0 Å². The topological polar surface area (TPSA) is 28.7 Å². The van der Waals surface area contributed by atoms with Crippen molar-refractivity contribution in [2.75, 3.05) is 20.6 Å². The minimum atomic E-state index is 1.05. The van der Waals surface area contributed by atoms with E-state index in [1.807, 2.05) is 6.20 Å². The second kappa shape index (κ2) is 10.8. The van der Waals surface area contributed by atoms with Gasteiger partial charge in [-0.3, -0.25) is 0 Å². The highest BCUT2D eigenvalue weighted by Crippen LogP contribution is 2.13. The molecule has 3 heteroatoms. The molecule has 0 atom stereocenters. The van der Waals surface area contributed by atoms with E-state index in [-0.39, 0.29) is 0 Å². The molecule has 0 aromatic carbocycles. The highest BCUT2D eigenvalue weighted by Gasteiger charge is 2.15. The van der Waals surface area contributed by atoms with Crippen LogP contribution in [0.2, 0.25) is 0 Å². The second-order valence-electron chi connectivity index (χ2n) is 7.08. The average Bonchev–Trinajstić information content (AvgIpc) is 2.93. The molecule has 0 fully saturated rings. The van der Waals surface area contributed by atoms with Crippen molar-refractivity contribution in [3.8, 4) is 0 Å². The Morgan fingerprint density at radius 2 is 1.48 bits per heavy atom. The number of nitrogens with one attached hydrogen (secondary N) is 1. The summed E-state index contributed by atoms with van der Waals surface area (Å²) in [5.41, 5.74) is 1.24. The number of quaternary nitrogens is 1. The third-order valence-corrected chi connectivity index (χ3v) is 4.27. The van der Waals surface area contributed by atoms with E-state index in [9.17, 15) is 0 Å². The maximum absolute atomic E-state index is 4.10. The largest absolute Gasteiger partial charge is 0.344 e. The maximum Gasteiger partial charge on any atom is 0.121 e. The number of hydrogen-bond donors (Lipinski definition) is 1. The van der Waals surface area contributed by atoms with Crippen LogP contribution in [0.15, 0.2) is 12.5 Å². The third kappa shape index (κ3) is 9.67. The standard InChI is InChI=1S/C18H36N3/c1-4-5-6-7-8-9-10-11-12-13-14-21(2,3)16-18-15-19-17-20-18/h15,17H,4-14,16H2,1-3H3,(H,19,20)/q+1. The van der Waals surface area contributed by atoms with Gasteiger partial charge in [0.05, 0.1) is 38.9 Å². The smallest absolute Gasteiger partial charge is 0.121 e. The van der Waals surface area contributed by atoms with Crippen molar-refractivity contribution in [2.24, 2.45) is 0 Å². The molecular formula is C18H36N3+. The van der Waals surface area contributed by atoms with Crippen molar-refractivity contribution < 1.29 is 4.48 Å². The Kier molecular flexibility index (Phi) is 9.40. The van der Waals surface area contributed by atoms with Crippen LogP contribution in [0.5, 0.6) is 0 Å². The summed E-state index contributed by atoms with van der Waals surface area (Å²) >= 11 is 0. The molecule has 21 heavy (non-hydrogen) atoms. The molecule has 0 bridgehead atoms. The molecule has 0 saturated heterocycles. The first-order valence-corrected chi connectivity index (χ1v) is 8.93. The van der Waals surface area contributed by atoms with Crippen molar-refractivity contribution in [2.45, 2.75) is 77.7 Å². The summed E-state index contributed by atoms with van der Waals surface area (Å²) in [5.74, 6) is 0. The van der Waals surface area contributed by atoms with E-state index in [1.54, 1.807) is 6.33 Å². The Morgan fingerprint density at radius 3 is 2.00 bits per heavy atom. The second-order valence-corrected chi connectivity index (χ2v) is 7.08. The lowest BCUT2D eigenvalue weighted by Gasteiger charge is -2.29. The predicted octanol–water partition coefficient (Wildman–Crippen LogP) is 4.91. The van der Waals surface area contributed by atoms with Gasteiger partial charge >= 0.3 is 0 Å². The molecule has 3 nitrogen and oxygen atoms in total. The molecule has 0 saturated carbocycles. The molecule has 1 aromatic rings. The molecule has 0 aliphatic rings. The van der Waals surface area contributed by atoms with Crippen LogP contribution in [0.3, 0.4) is 0 Å². The van der Waals surface area contributed by atoms with Crippen LogP contribution in [-0.2, 0) is 6.54 Å². The van der Waals surface area contributed by atoms with Gasteiger partial charge in [0.1, 0.15) is 6.54 Å². The van der Waals surface area contributed by atoms with Crippen molar-refractivity contribution in [1.82, 2.24) is 9.97 Å². The number of H-pyrrole nitrogens is 1. The summed E-state index contributed by atoms with van der Waals surface area (Å²) in [7, 11) is 4.63. The summed E-state index contributed by atoms with van der Waals surface area (Å²) in [5, 5.41) is 0. The van der Waals surface area contributed by atoms with E-state index in [0.717, 1.165) is 11.0 Å². The quantitative estimate of drug-likeness (QED) is 0.406. The van der Waals surface area contributed by atoms with Gasteiger partial charge in [-0.15, -0.1) is 0 Å². The zero-order valence-electron chi connectivity index (χ0n) is 14.5. The van der Waals surface area contributed by atoms with E-state index in [2.05, 4.69) is 31.0 Å². The minimum absolute atomic E-state index is 1.05. The number of unbranched alkanes of at least 4 members (excludes halogenated alkanes) is 9. The minimum Gasteiger partial charge on any atom is -0.344 e. The van der Waals surface area contributed by atoms with E-state index >= 15 is 0 Å². The SMILES string of the molecule is CCCCCCCCCCCC[N+](C)(C)Cc1cnc[nH]1. The van der Waals surface area contributed by atoms with Crippen LogP contribution in [0.25, 0.3) is 0 Å². The Bertz CT molecular complexity index is 330. The van der Waals surface area contributed by atoms with Crippen LogP contribution in [0, 0.1) is 0 Å². The van der Waals surface area contributed by atoms with Crippen LogP contribution in [0.1, 0.15) is 76.8 Å². The van der Waals surface area contributed by atoms with Crippen molar-refractivity contribution in [3.05, 3.63) is 18.2 Å². The van der Waals surface area contributed by atoms with Gasteiger partial charge in [-0.25, -0.2) is 4.98 Å². The van der Waals surface area contributed by atoms with E-state index in [1.165, 1.54) is 76.4 Å². The molecule has 122 valence electrons. The molecule has 1 heterocycles. The maximum atomic E-state index is 4.10. The van der Waals surface area contributed by atoms with Gasteiger partial charge < -0.3 is 9.47 Å². The summed E-state index contributed by atoms with van der Waals surface area (Å²) in [6, 6.07) is 0. The van der Waals surface area contributed by atoms with Gasteiger partial charge in [-0.1, -0.05) is 58.3 Å². The molecule has 1 N–H and O–H groups in total. The zero-order valence-corrected chi connectivity index (χ0v) is 14.5. The van der Waals surface area contributed by atoms with E-state index < -0.39 is 0 Å². The number of aromatic nitrogens is 2. The molecule has 0 unspecified atom stereocenters. The summed E-state index contributed by atoms with van der Waals surface area (Å²) < 4.78 is 1.05. The first-order chi connectivity index (χ1) is 10.1. The highest BCUT2D eigenvalue weighted by molar-refractivity contribution is 4.91. The predicted molar refractivity (Wildman–Crippen MR) is 91.1 cm³/mol. The molecule has 0 amide bonds. The normalized spacial score (nSPS) is 12.0. The van der Waals surface area contributed by atoms with Gasteiger partial charge in [0.25, 0.3) is 0 Å². The number of aromatic amines is 1. The Labute approximate surface area is 131 Å². The molecule has 1 rings (SSSR count). The fraction of sp³-hybridized carbons (Fsp3) is 0.833. The molecule has 0 aliphatic carbocycles. The molecular weight excluding hydrogens is 258 g/mol. The number of hydrogen-bond acceptors (Lipinski definition) is 1. The monoisotopic (exact) mass is 294 g/mol. The first kappa shape index (κ1) is 18.2. The summed E-state index contributed by atoms with van der Waals surface area (Å²) in [6.45, 7) is 4.60.